The number of rotatable bonds is 3. The molecule has 0 spiro atoms. The molecule has 3 rings (SSSR count). The molecular weight excluding hydrogens is 310 g/mol. The van der Waals surface area contributed by atoms with Crippen LogP contribution in [0.25, 0.3) is 5.00 Å². The quantitative estimate of drug-likeness (QED) is 0.801. The Morgan fingerprint density at radius 3 is 2.57 bits per heavy atom. The molecule has 0 atom stereocenters. The standard InChI is InChI=1S/C16H17N5OS/c1-16(2,3)12-14(21-10-17-9-18-21)23-15(19-12)20-13(22)11-7-5-4-6-8-11/h4-10H,1-3H3,(H,19,20,22). The van der Waals surface area contributed by atoms with E-state index >= 15 is 0 Å². The summed E-state index contributed by atoms with van der Waals surface area (Å²) in [6.45, 7) is 6.22. The average molecular weight is 327 g/mol. The minimum absolute atomic E-state index is 0.173. The van der Waals surface area contributed by atoms with Gasteiger partial charge in [-0.2, -0.15) is 5.10 Å². The lowest BCUT2D eigenvalue weighted by molar-refractivity contribution is 0.102. The van der Waals surface area contributed by atoms with Crippen molar-refractivity contribution < 1.29 is 4.79 Å². The molecule has 3 aromatic rings. The Balaban J connectivity index is 1.94. The zero-order valence-corrected chi connectivity index (χ0v) is 14.0. The maximum Gasteiger partial charge on any atom is 0.257 e. The van der Waals surface area contributed by atoms with Crippen molar-refractivity contribution in [3.8, 4) is 5.00 Å². The molecule has 0 radical (unpaired) electrons. The molecule has 0 bridgehead atoms. The Labute approximate surface area is 138 Å². The minimum Gasteiger partial charge on any atom is -0.298 e. The van der Waals surface area contributed by atoms with Crippen LogP contribution in [-0.4, -0.2) is 25.7 Å². The molecule has 2 heterocycles. The van der Waals surface area contributed by atoms with E-state index in [0.717, 1.165) is 10.7 Å². The predicted octanol–water partition coefficient (Wildman–Crippen LogP) is 3.27. The first-order chi connectivity index (χ1) is 10.9. The van der Waals surface area contributed by atoms with Gasteiger partial charge in [-0.05, 0) is 12.1 Å². The second-order valence-corrected chi connectivity index (χ2v) is 7.06. The van der Waals surface area contributed by atoms with E-state index in [4.69, 9.17) is 0 Å². The Bertz CT molecular complexity index is 803. The second kappa shape index (κ2) is 5.92. The highest BCUT2D eigenvalue weighted by Crippen LogP contribution is 2.34. The molecule has 2 aromatic heterocycles. The molecule has 1 N–H and O–H groups in total. The highest BCUT2D eigenvalue weighted by atomic mass is 32.1. The van der Waals surface area contributed by atoms with Gasteiger partial charge in [-0.25, -0.2) is 14.6 Å². The van der Waals surface area contributed by atoms with Crippen molar-refractivity contribution in [2.75, 3.05) is 5.32 Å². The molecule has 6 nitrogen and oxygen atoms in total. The van der Waals surface area contributed by atoms with Crippen molar-refractivity contribution in [1.82, 2.24) is 19.7 Å². The molecule has 118 valence electrons. The number of hydrogen-bond acceptors (Lipinski definition) is 5. The smallest absolute Gasteiger partial charge is 0.257 e. The van der Waals surface area contributed by atoms with Crippen molar-refractivity contribution in [2.24, 2.45) is 0 Å². The number of nitrogens with zero attached hydrogens (tertiary/aromatic N) is 4. The van der Waals surface area contributed by atoms with Crippen LogP contribution in [0.3, 0.4) is 0 Å². The van der Waals surface area contributed by atoms with Crippen molar-refractivity contribution in [1.29, 1.82) is 0 Å². The topological polar surface area (TPSA) is 72.7 Å². The molecule has 1 aromatic carbocycles. The van der Waals surface area contributed by atoms with E-state index in [-0.39, 0.29) is 11.3 Å². The first-order valence-corrected chi connectivity index (χ1v) is 7.99. The van der Waals surface area contributed by atoms with Gasteiger partial charge in [-0.3, -0.25) is 10.1 Å². The Kier molecular flexibility index (Phi) is 3.96. The van der Waals surface area contributed by atoms with Gasteiger partial charge in [-0.1, -0.05) is 50.3 Å². The summed E-state index contributed by atoms with van der Waals surface area (Å²) in [4.78, 5) is 20.9. The van der Waals surface area contributed by atoms with Crippen LogP contribution in [0.5, 0.6) is 0 Å². The molecule has 23 heavy (non-hydrogen) atoms. The Morgan fingerprint density at radius 1 is 1.22 bits per heavy atom. The Morgan fingerprint density at radius 2 is 1.96 bits per heavy atom. The van der Waals surface area contributed by atoms with E-state index < -0.39 is 0 Å². The highest BCUT2D eigenvalue weighted by molar-refractivity contribution is 7.18. The summed E-state index contributed by atoms with van der Waals surface area (Å²) in [5, 5.41) is 8.44. The molecular formula is C16H17N5OS. The third-order valence-corrected chi connectivity index (χ3v) is 4.16. The fraction of sp³-hybridized carbons (Fsp3) is 0.250. The Hall–Kier alpha value is -2.54. The largest absolute Gasteiger partial charge is 0.298 e. The van der Waals surface area contributed by atoms with Crippen LogP contribution < -0.4 is 5.32 Å². The number of anilines is 1. The number of carbonyl (C=O) groups excluding carboxylic acids is 1. The van der Waals surface area contributed by atoms with Gasteiger partial charge in [-0.15, -0.1) is 0 Å². The number of aromatic nitrogens is 4. The fourth-order valence-corrected chi connectivity index (χ4v) is 3.18. The molecule has 1 amide bonds. The van der Waals surface area contributed by atoms with Crippen molar-refractivity contribution in [2.45, 2.75) is 26.2 Å². The number of amides is 1. The zero-order chi connectivity index (χ0) is 16.4. The normalized spacial score (nSPS) is 11.4. The molecule has 7 heteroatoms. The summed E-state index contributed by atoms with van der Waals surface area (Å²) in [7, 11) is 0. The lowest BCUT2D eigenvalue weighted by atomic mass is 9.92. The van der Waals surface area contributed by atoms with Crippen LogP contribution >= 0.6 is 11.3 Å². The van der Waals surface area contributed by atoms with Crippen LogP contribution in [0.2, 0.25) is 0 Å². The molecule has 0 unspecified atom stereocenters. The second-order valence-electron chi connectivity index (χ2n) is 6.08. The SMILES string of the molecule is CC(C)(C)c1nc(NC(=O)c2ccccc2)sc1-n1cncn1. The van der Waals surface area contributed by atoms with E-state index in [1.54, 1.807) is 23.1 Å². The summed E-state index contributed by atoms with van der Waals surface area (Å²) >= 11 is 1.38. The molecule has 0 saturated carbocycles. The zero-order valence-electron chi connectivity index (χ0n) is 13.1. The third-order valence-electron chi connectivity index (χ3n) is 3.20. The van der Waals surface area contributed by atoms with Crippen LogP contribution in [0.4, 0.5) is 5.13 Å². The molecule has 0 aliphatic carbocycles. The van der Waals surface area contributed by atoms with Crippen molar-refractivity contribution in [3.63, 3.8) is 0 Å². The maximum absolute atomic E-state index is 12.3. The van der Waals surface area contributed by atoms with Gasteiger partial charge in [0.15, 0.2) is 5.13 Å². The van der Waals surface area contributed by atoms with Crippen molar-refractivity contribution >= 4 is 22.4 Å². The number of carbonyl (C=O) groups is 1. The van der Waals surface area contributed by atoms with Crippen molar-refractivity contribution in [3.05, 3.63) is 54.2 Å². The van der Waals surface area contributed by atoms with E-state index in [9.17, 15) is 4.79 Å². The molecule has 0 aliphatic rings. The van der Waals surface area contributed by atoms with E-state index in [1.807, 2.05) is 18.2 Å². The van der Waals surface area contributed by atoms with Gasteiger partial charge in [0, 0.05) is 11.0 Å². The number of hydrogen-bond donors (Lipinski definition) is 1. The first-order valence-electron chi connectivity index (χ1n) is 7.18. The summed E-state index contributed by atoms with van der Waals surface area (Å²) in [5.74, 6) is -0.176. The van der Waals surface area contributed by atoms with Crippen LogP contribution in [0.15, 0.2) is 43.0 Å². The van der Waals surface area contributed by atoms with Crippen LogP contribution in [0, 0.1) is 0 Å². The van der Waals surface area contributed by atoms with E-state index in [0.29, 0.717) is 10.7 Å². The summed E-state index contributed by atoms with van der Waals surface area (Å²) < 4.78 is 1.68. The van der Waals surface area contributed by atoms with Gasteiger partial charge in [0.2, 0.25) is 0 Å². The van der Waals surface area contributed by atoms with Gasteiger partial charge in [0.1, 0.15) is 17.7 Å². The third kappa shape index (κ3) is 3.29. The predicted molar refractivity (Wildman–Crippen MR) is 90.1 cm³/mol. The summed E-state index contributed by atoms with van der Waals surface area (Å²) in [6.07, 6.45) is 3.11. The van der Waals surface area contributed by atoms with Gasteiger partial charge < -0.3 is 0 Å². The van der Waals surface area contributed by atoms with E-state index in [2.05, 4.69) is 41.2 Å². The lowest BCUT2D eigenvalue weighted by Gasteiger charge is -2.16. The number of nitrogens with one attached hydrogen (secondary N) is 1. The maximum atomic E-state index is 12.3. The summed E-state index contributed by atoms with van der Waals surface area (Å²) in [6, 6.07) is 9.08. The molecule has 0 aliphatic heterocycles. The number of thiazole rings is 1. The summed E-state index contributed by atoms with van der Waals surface area (Å²) in [5.41, 5.74) is 1.30. The average Bonchev–Trinajstić information content (AvgIpc) is 3.16. The fourth-order valence-electron chi connectivity index (χ4n) is 2.08. The monoisotopic (exact) mass is 327 g/mol. The minimum atomic E-state index is -0.176. The van der Waals surface area contributed by atoms with Gasteiger partial charge in [0.05, 0.1) is 5.69 Å². The molecule has 0 saturated heterocycles. The van der Waals surface area contributed by atoms with Crippen LogP contribution in [-0.2, 0) is 5.41 Å². The van der Waals surface area contributed by atoms with E-state index in [1.165, 1.54) is 17.7 Å². The van der Waals surface area contributed by atoms with Gasteiger partial charge >= 0.3 is 0 Å². The highest BCUT2D eigenvalue weighted by Gasteiger charge is 2.25. The van der Waals surface area contributed by atoms with Gasteiger partial charge in [0.25, 0.3) is 5.91 Å². The first kappa shape index (κ1) is 15.4. The lowest BCUT2D eigenvalue weighted by Crippen LogP contribution is -2.16. The number of benzene rings is 1. The molecule has 0 fully saturated rings. The van der Waals surface area contributed by atoms with Crippen LogP contribution in [0.1, 0.15) is 36.8 Å².